The largest absolute Gasteiger partial charge is 0.487 e. The lowest BCUT2D eigenvalue weighted by Gasteiger charge is -2.32. The van der Waals surface area contributed by atoms with E-state index < -0.39 is 18.0 Å². The van der Waals surface area contributed by atoms with Crippen LogP contribution in [0.5, 0.6) is 5.75 Å². The van der Waals surface area contributed by atoms with E-state index in [-0.39, 0.29) is 49.2 Å². The summed E-state index contributed by atoms with van der Waals surface area (Å²) >= 11 is 0. The molecule has 10 nitrogen and oxygen atoms in total. The third kappa shape index (κ3) is 6.08. The second-order valence-corrected chi connectivity index (χ2v) is 7.78. The van der Waals surface area contributed by atoms with Crippen LogP contribution in [0, 0.1) is 5.82 Å². The normalized spacial score (nSPS) is 18.8. The molecule has 2 aliphatic rings. The van der Waals surface area contributed by atoms with Gasteiger partial charge in [0.2, 0.25) is 17.7 Å². The summed E-state index contributed by atoms with van der Waals surface area (Å²) in [6.07, 6.45) is -0.292. The summed E-state index contributed by atoms with van der Waals surface area (Å²) in [7, 11) is 0. The fourth-order valence-electron chi connectivity index (χ4n) is 3.56. The van der Waals surface area contributed by atoms with Gasteiger partial charge in [0.15, 0.2) is 11.6 Å². The molecule has 32 heavy (non-hydrogen) atoms. The van der Waals surface area contributed by atoms with Crippen molar-refractivity contribution in [1.29, 1.82) is 0 Å². The number of carbonyl (C=O) groups excluding carboxylic acids is 4. The summed E-state index contributed by atoms with van der Waals surface area (Å²) in [5, 5.41) is 5.07. The number of nitrogens with zero attached hydrogens (tertiary/aromatic N) is 2. The number of hydrogen-bond donors (Lipinski definition) is 2. The van der Waals surface area contributed by atoms with E-state index in [4.69, 9.17) is 9.47 Å². The monoisotopic (exact) mass is 450 g/mol. The highest BCUT2D eigenvalue weighted by Crippen LogP contribution is 2.29. The van der Waals surface area contributed by atoms with Gasteiger partial charge >= 0.3 is 6.09 Å². The maximum atomic E-state index is 14.7. The van der Waals surface area contributed by atoms with Crippen LogP contribution in [0.1, 0.15) is 26.7 Å². The van der Waals surface area contributed by atoms with Crippen LogP contribution in [0.4, 0.5) is 14.9 Å². The van der Waals surface area contributed by atoms with Crippen LogP contribution >= 0.6 is 0 Å². The van der Waals surface area contributed by atoms with Crippen LogP contribution in [0.3, 0.4) is 0 Å². The SMILES string of the molecule is CC(=O)NCC(=O)N1CCC(Oc2ccc(N3C[C@H](CNC(C)=O)OC3=O)cc2F)CC1. The van der Waals surface area contributed by atoms with Crippen LogP contribution in [-0.4, -0.2) is 73.6 Å². The lowest BCUT2D eigenvalue weighted by Crippen LogP contribution is -2.45. The summed E-state index contributed by atoms with van der Waals surface area (Å²) in [5.41, 5.74) is 0.337. The Morgan fingerprint density at radius 2 is 1.84 bits per heavy atom. The summed E-state index contributed by atoms with van der Waals surface area (Å²) in [4.78, 5) is 49.1. The molecule has 0 saturated carbocycles. The molecule has 2 N–H and O–H groups in total. The molecule has 3 rings (SSSR count). The van der Waals surface area contributed by atoms with Crippen molar-refractivity contribution in [3.8, 4) is 5.75 Å². The Morgan fingerprint density at radius 3 is 2.47 bits per heavy atom. The van der Waals surface area contributed by atoms with E-state index in [2.05, 4.69) is 10.6 Å². The number of halogens is 1. The lowest BCUT2D eigenvalue weighted by molar-refractivity contribution is -0.134. The molecule has 0 unspecified atom stereocenters. The van der Waals surface area contributed by atoms with E-state index in [1.54, 1.807) is 11.0 Å². The first-order valence-corrected chi connectivity index (χ1v) is 10.4. The third-order valence-electron chi connectivity index (χ3n) is 5.26. The van der Waals surface area contributed by atoms with Crippen LogP contribution in [0.2, 0.25) is 0 Å². The van der Waals surface area contributed by atoms with Crippen LogP contribution < -0.4 is 20.3 Å². The van der Waals surface area contributed by atoms with Crippen LogP contribution in [-0.2, 0) is 19.1 Å². The molecule has 1 atom stereocenters. The number of anilines is 1. The smallest absolute Gasteiger partial charge is 0.414 e. The molecule has 1 aromatic rings. The van der Waals surface area contributed by atoms with E-state index in [9.17, 15) is 23.6 Å². The molecule has 2 heterocycles. The van der Waals surface area contributed by atoms with Gasteiger partial charge in [-0.15, -0.1) is 0 Å². The minimum atomic E-state index is -0.607. The standard InChI is InChI=1S/C21H27FN4O6/c1-13(27)23-10-17-12-26(21(30)32-17)15-3-4-19(18(22)9-15)31-16-5-7-25(8-6-16)20(29)11-24-14(2)28/h3-4,9,16-17H,5-8,10-12H2,1-2H3,(H,23,27)(H,24,28)/t17-/m0/s1. The quantitative estimate of drug-likeness (QED) is 0.635. The van der Waals surface area contributed by atoms with E-state index >= 15 is 0 Å². The van der Waals surface area contributed by atoms with Crippen molar-refractivity contribution in [3.63, 3.8) is 0 Å². The molecule has 0 spiro atoms. The zero-order valence-electron chi connectivity index (χ0n) is 18.1. The van der Waals surface area contributed by atoms with E-state index in [0.29, 0.717) is 31.6 Å². The van der Waals surface area contributed by atoms with Gasteiger partial charge in [0.1, 0.15) is 12.2 Å². The summed E-state index contributed by atoms with van der Waals surface area (Å²) < 4.78 is 25.6. The molecule has 4 amide bonds. The summed E-state index contributed by atoms with van der Waals surface area (Å²) in [6.45, 7) is 3.98. The van der Waals surface area contributed by atoms with Gasteiger partial charge in [-0.2, -0.15) is 0 Å². The Balaban J connectivity index is 1.52. The second kappa shape index (κ2) is 10.3. The molecular formula is C21H27FN4O6. The average molecular weight is 450 g/mol. The summed E-state index contributed by atoms with van der Waals surface area (Å²) in [6, 6.07) is 4.25. The first kappa shape index (κ1) is 23.3. The van der Waals surface area contributed by atoms with Gasteiger partial charge in [-0.1, -0.05) is 0 Å². The van der Waals surface area contributed by atoms with Crippen molar-refractivity contribution in [2.75, 3.05) is 37.6 Å². The molecule has 11 heteroatoms. The molecule has 2 fully saturated rings. The second-order valence-electron chi connectivity index (χ2n) is 7.78. The minimum Gasteiger partial charge on any atom is -0.487 e. The van der Waals surface area contributed by atoms with Crippen molar-refractivity contribution in [2.45, 2.75) is 38.9 Å². The number of carbonyl (C=O) groups is 4. The molecule has 1 aromatic carbocycles. The van der Waals surface area contributed by atoms with Crippen molar-refractivity contribution >= 4 is 29.5 Å². The van der Waals surface area contributed by atoms with Gasteiger partial charge in [0.25, 0.3) is 0 Å². The number of amides is 4. The number of likely N-dealkylation sites (tertiary alicyclic amines) is 1. The number of ether oxygens (including phenoxy) is 2. The van der Waals surface area contributed by atoms with E-state index in [1.807, 2.05) is 0 Å². The van der Waals surface area contributed by atoms with Crippen molar-refractivity contribution in [3.05, 3.63) is 24.0 Å². The van der Waals surface area contributed by atoms with Gasteiger partial charge in [-0.25, -0.2) is 9.18 Å². The number of piperidine rings is 1. The van der Waals surface area contributed by atoms with Crippen molar-refractivity contribution in [2.24, 2.45) is 0 Å². The molecular weight excluding hydrogens is 423 g/mol. The average Bonchev–Trinajstić information content (AvgIpc) is 3.13. The first-order chi connectivity index (χ1) is 15.2. The van der Waals surface area contributed by atoms with E-state index in [1.165, 1.54) is 30.9 Å². The first-order valence-electron chi connectivity index (χ1n) is 10.4. The van der Waals surface area contributed by atoms with E-state index in [0.717, 1.165) is 0 Å². The summed E-state index contributed by atoms with van der Waals surface area (Å²) in [5.74, 6) is -1.19. The molecule has 2 aliphatic heterocycles. The predicted octanol–water partition coefficient (Wildman–Crippen LogP) is 0.793. The zero-order valence-corrected chi connectivity index (χ0v) is 18.1. The number of benzene rings is 1. The van der Waals surface area contributed by atoms with Crippen LogP contribution in [0.15, 0.2) is 18.2 Å². The number of cyclic esters (lactones) is 1. The third-order valence-corrected chi connectivity index (χ3v) is 5.26. The van der Waals surface area contributed by atoms with Gasteiger partial charge in [0.05, 0.1) is 25.3 Å². The molecule has 0 radical (unpaired) electrons. The molecule has 0 bridgehead atoms. The molecule has 174 valence electrons. The Bertz CT molecular complexity index is 887. The molecule has 0 aromatic heterocycles. The van der Waals surface area contributed by atoms with Crippen molar-refractivity contribution in [1.82, 2.24) is 15.5 Å². The Hall–Kier alpha value is -3.37. The molecule has 0 aliphatic carbocycles. The Kier molecular flexibility index (Phi) is 7.49. The number of hydrogen-bond acceptors (Lipinski definition) is 6. The Labute approximate surface area is 185 Å². The maximum absolute atomic E-state index is 14.7. The van der Waals surface area contributed by atoms with Gasteiger partial charge < -0.3 is 25.0 Å². The Morgan fingerprint density at radius 1 is 1.16 bits per heavy atom. The predicted molar refractivity (Wildman–Crippen MR) is 112 cm³/mol. The highest BCUT2D eigenvalue weighted by atomic mass is 19.1. The number of nitrogens with one attached hydrogen (secondary N) is 2. The topological polar surface area (TPSA) is 117 Å². The number of rotatable bonds is 7. The fourth-order valence-corrected chi connectivity index (χ4v) is 3.56. The van der Waals surface area contributed by atoms with Crippen LogP contribution in [0.25, 0.3) is 0 Å². The van der Waals surface area contributed by atoms with Gasteiger partial charge in [-0.3, -0.25) is 19.3 Å². The van der Waals surface area contributed by atoms with Gasteiger partial charge in [0, 0.05) is 45.8 Å². The lowest BCUT2D eigenvalue weighted by atomic mass is 10.1. The van der Waals surface area contributed by atoms with Crippen molar-refractivity contribution < 1.29 is 33.0 Å². The highest BCUT2D eigenvalue weighted by Gasteiger charge is 2.33. The highest BCUT2D eigenvalue weighted by molar-refractivity contribution is 5.90. The maximum Gasteiger partial charge on any atom is 0.414 e. The molecule has 2 saturated heterocycles. The van der Waals surface area contributed by atoms with Gasteiger partial charge in [-0.05, 0) is 12.1 Å². The minimum absolute atomic E-state index is 0.0401. The fraction of sp³-hybridized carbons (Fsp3) is 0.524. The zero-order chi connectivity index (χ0) is 23.3.